The molecule has 3 heterocycles. The van der Waals surface area contributed by atoms with Crippen LogP contribution in [0.2, 0.25) is 0 Å². The number of anilines is 1. The van der Waals surface area contributed by atoms with Crippen molar-refractivity contribution in [2.75, 3.05) is 5.73 Å². The smallest absolute Gasteiger partial charge is 0.257 e. The molecule has 0 spiro atoms. The second-order valence-corrected chi connectivity index (χ2v) is 6.00. The summed E-state index contributed by atoms with van der Waals surface area (Å²) in [4.78, 5) is 8.28. The number of nitrogen functional groups attached to an aromatic ring is 1. The molecule has 0 saturated heterocycles. The van der Waals surface area contributed by atoms with Gasteiger partial charge in [-0.1, -0.05) is 0 Å². The predicted molar refractivity (Wildman–Crippen MR) is 103 cm³/mol. The lowest BCUT2D eigenvalue weighted by Gasteiger charge is -2.19. The third-order valence-electron chi connectivity index (χ3n) is 3.96. The summed E-state index contributed by atoms with van der Waals surface area (Å²) in [6.45, 7) is 0. The van der Waals surface area contributed by atoms with Crippen LogP contribution in [0.15, 0.2) is 54.9 Å². The van der Waals surface area contributed by atoms with Crippen LogP contribution in [0.25, 0.3) is 16.6 Å². The van der Waals surface area contributed by atoms with Crippen molar-refractivity contribution in [2.24, 2.45) is 0 Å². The number of thiol groups is 1. The lowest BCUT2D eigenvalue weighted by Crippen LogP contribution is -2.15. The van der Waals surface area contributed by atoms with E-state index in [0.29, 0.717) is 16.6 Å². The van der Waals surface area contributed by atoms with E-state index in [0.717, 1.165) is 0 Å². The molecule has 4 aromatic rings. The fourth-order valence-electron chi connectivity index (χ4n) is 2.72. The van der Waals surface area contributed by atoms with Gasteiger partial charge in [0.25, 0.3) is 6.29 Å². The van der Waals surface area contributed by atoms with Gasteiger partial charge in [-0.15, -0.1) is 0 Å². The van der Waals surface area contributed by atoms with Crippen LogP contribution >= 0.6 is 12.9 Å². The second-order valence-electron chi connectivity index (χ2n) is 5.79. The number of hydrogen-bond acceptors (Lipinski definition) is 8. The molecule has 1 unspecified atom stereocenters. The number of nitrogens with zero attached hydrogens (tertiary/aromatic N) is 4. The summed E-state index contributed by atoms with van der Waals surface area (Å²) in [5.41, 5.74) is 7.19. The summed E-state index contributed by atoms with van der Waals surface area (Å²) in [7, 11) is 0. The summed E-state index contributed by atoms with van der Waals surface area (Å²) in [6.07, 6.45) is 2.13. The van der Waals surface area contributed by atoms with Crippen molar-refractivity contribution in [1.82, 2.24) is 19.7 Å². The number of nitrogens with two attached hydrogens (primary N) is 1. The standard InChI is InChI=1S/C18H14FN5O3S/c19-11-2-3-12-10(8-11)9-14(17(20)22-12)26-18(27-28)16-13(4-5-15(25)23-16)24-7-1-6-21-24/h1-9,18,28H,(H2,20,22)(H,23,25). The van der Waals surface area contributed by atoms with Crippen LogP contribution in [0.5, 0.6) is 11.6 Å². The number of ether oxygens (including phenoxy) is 1. The number of halogens is 1. The number of aromatic nitrogens is 4. The maximum atomic E-state index is 13.5. The van der Waals surface area contributed by atoms with Gasteiger partial charge in [0.1, 0.15) is 11.5 Å². The fraction of sp³-hybridized carbons (Fsp3) is 0.0556. The van der Waals surface area contributed by atoms with E-state index in [2.05, 4.69) is 28.0 Å². The van der Waals surface area contributed by atoms with Crippen LogP contribution in [-0.2, 0) is 4.18 Å². The Hall–Kier alpha value is -3.37. The fourth-order valence-corrected chi connectivity index (χ4v) is 2.86. The third kappa shape index (κ3) is 3.42. The summed E-state index contributed by atoms with van der Waals surface area (Å²) in [6, 6.07) is 10.4. The monoisotopic (exact) mass is 399 g/mol. The van der Waals surface area contributed by atoms with Crippen molar-refractivity contribution < 1.29 is 18.4 Å². The van der Waals surface area contributed by atoms with Crippen LogP contribution in [-0.4, -0.2) is 24.9 Å². The van der Waals surface area contributed by atoms with Crippen LogP contribution in [0.1, 0.15) is 12.0 Å². The molecule has 0 amide bonds. The first-order valence-electron chi connectivity index (χ1n) is 8.08. The average Bonchev–Trinajstić information content (AvgIpc) is 3.21. The van der Waals surface area contributed by atoms with Gasteiger partial charge in [-0.25, -0.2) is 19.0 Å². The molecule has 142 valence electrons. The highest BCUT2D eigenvalue weighted by Gasteiger charge is 2.23. The van der Waals surface area contributed by atoms with Crippen molar-refractivity contribution in [2.45, 2.75) is 6.29 Å². The van der Waals surface area contributed by atoms with E-state index in [-0.39, 0.29) is 23.1 Å². The summed E-state index contributed by atoms with van der Waals surface area (Å²) in [5, 5.41) is 14.5. The number of pyridine rings is 2. The molecule has 0 saturated carbocycles. The van der Waals surface area contributed by atoms with Gasteiger partial charge in [0.15, 0.2) is 11.6 Å². The van der Waals surface area contributed by atoms with Crippen LogP contribution in [0.3, 0.4) is 0 Å². The highest BCUT2D eigenvalue weighted by molar-refractivity contribution is 7.75. The third-order valence-corrected chi connectivity index (χ3v) is 4.15. The molecule has 10 heteroatoms. The first kappa shape index (κ1) is 18.0. The van der Waals surface area contributed by atoms with E-state index in [1.165, 1.54) is 35.0 Å². The van der Waals surface area contributed by atoms with Gasteiger partial charge in [0.05, 0.1) is 11.2 Å². The molecule has 1 aromatic carbocycles. The van der Waals surface area contributed by atoms with Gasteiger partial charge in [-0.05, 0) is 49.3 Å². The van der Waals surface area contributed by atoms with Crippen molar-refractivity contribution in [3.8, 4) is 17.3 Å². The van der Waals surface area contributed by atoms with Crippen LogP contribution in [0.4, 0.5) is 10.2 Å². The lowest BCUT2D eigenvalue weighted by atomic mass is 10.2. The molecular weight excluding hydrogens is 385 g/mol. The largest absolute Gasteiger partial charge is 0.493 e. The molecule has 4 rings (SSSR count). The minimum atomic E-state index is -1.16. The zero-order chi connectivity index (χ0) is 19.7. The summed E-state index contributed by atoms with van der Waals surface area (Å²) < 4.78 is 26.0. The number of benzene rings is 1. The minimum absolute atomic E-state index is 0.0790. The number of rotatable bonds is 5. The number of hydrogen-bond donors (Lipinski definition) is 3. The van der Waals surface area contributed by atoms with Crippen molar-refractivity contribution >= 4 is 29.6 Å². The molecular formula is C18H14FN5O3S. The Morgan fingerprint density at radius 2 is 2.04 bits per heavy atom. The Kier molecular flexibility index (Phi) is 4.72. The van der Waals surface area contributed by atoms with E-state index >= 15 is 0 Å². The maximum Gasteiger partial charge on any atom is 0.257 e. The predicted octanol–water partition coefficient (Wildman–Crippen LogP) is 3.18. The zero-order valence-electron chi connectivity index (χ0n) is 14.2. The highest BCUT2D eigenvalue weighted by Crippen LogP contribution is 2.33. The Morgan fingerprint density at radius 1 is 1.18 bits per heavy atom. The molecule has 0 radical (unpaired) electrons. The lowest BCUT2D eigenvalue weighted by molar-refractivity contribution is 0.0203. The van der Waals surface area contributed by atoms with Gasteiger partial charge < -0.3 is 15.6 Å². The molecule has 3 N–H and O–H groups in total. The van der Waals surface area contributed by atoms with E-state index in [1.54, 1.807) is 24.5 Å². The molecule has 1 atom stereocenters. The number of fused-ring (bicyclic) bond motifs is 1. The van der Waals surface area contributed by atoms with E-state index in [9.17, 15) is 9.50 Å². The van der Waals surface area contributed by atoms with Crippen molar-refractivity contribution in [1.29, 1.82) is 0 Å². The first-order chi connectivity index (χ1) is 13.5. The summed E-state index contributed by atoms with van der Waals surface area (Å²) in [5.74, 6) is -0.428. The Morgan fingerprint density at radius 3 is 2.79 bits per heavy atom. The SMILES string of the molecule is Nc1nc2ccc(F)cc2cc1OC(OS)c1nc(O)ccc1-n1cccn1. The molecule has 0 aliphatic carbocycles. The summed E-state index contributed by atoms with van der Waals surface area (Å²) >= 11 is 3.86. The van der Waals surface area contributed by atoms with E-state index in [1.807, 2.05) is 0 Å². The molecule has 3 aromatic heterocycles. The van der Waals surface area contributed by atoms with Gasteiger partial charge >= 0.3 is 0 Å². The number of aromatic hydroxyl groups is 1. The van der Waals surface area contributed by atoms with Crippen LogP contribution in [0, 0.1) is 5.82 Å². The van der Waals surface area contributed by atoms with Gasteiger partial charge in [0.2, 0.25) is 5.88 Å². The molecule has 0 fully saturated rings. The normalized spacial score (nSPS) is 12.2. The quantitative estimate of drug-likeness (QED) is 0.269. The molecule has 8 nitrogen and oxygen atoms in total. The van der Waals surface area contributed by atoms with Gasteiger partial charge in [-0.3, -0.25) is 4.18 Å². The Balaban J connectivity index is 1.76. The minimum Gasteiger partial charge on any atom is -0.493 e. The van der Waals surface area contributed by atoms with Crippen molar-refractivity contribution in [3.63, 3.8) is 0 Å². The maximum absolute atomic E-state index is 13.5. The van der Waals surface area contributed by atoms with Gasteiger partial charge in [0, 0.05) is 23.8 Å². The topological polar surface area (TPSA) is 108 Å². The van der Waals surface area contributed by atoms with E-state index < -0.39 is 12.1 Å². The first-order valence-corrected chi connectivity index (χ1v) is 8.44. The Labute approximate surface area is 164 Å². The van der Waals surface area contributed by atoms with E-state index in [4.69, 9.17) is 14.7 Å². The second kappa shape index (κ2) is 7.33. The molecule has 0 bridgehead atoms. The molecule has 0 aliphatic rings. The average molecular weight is 399 g/mol. The molecule has 28 heavy (non-hydrogen) atoms. The van der Waals surface area contributed by atoms with Crippen molar-refractivity contribution in [3.05, 3.63) is 66.4 Å². The van der Waals surface area contributed by atoms with Gasteiger partial charge in [-0.2, -0.15) is 5.10 Å². The molecule has 0 aliphatic heterocycles. The zero-order valence-corrected chi connectivity index (χ0v) is 15.1. The highest BCUT2D eigenvalue weighted by atomic mass is 32.1. The Bertz CT molecular complexity index is 1140. The van der Waals surface area contributed by atoms with Crippen LogP contribution < -0.4 is 10.5 Å².